The summed E-state index contributed by atoms with van der Waals surface area (Å²) in [4.78, 5) is 34.0. The molecule has 166 valence electrons. The lowest BCUT2D eigenvalue weighted by molar-refractivity contribution is 0.139. The highest BCUT2D eigenvalue weighted by molar-refractivity contribution is 5.82. The van der Waals surface area contributed by atoms with Gasteiger partial charge in [-0.25, -0.2) is 9.59 Å². The fraction of sp³-hybridized carbons (Fsp3) is 0.545. The molecule has 1 rings (SSSR count). The zero-order valence-electron chi connectivity index (χ0n) is 19.3. The number of oxime groups is 2. The quantitative estimate of drug-likeness (QED) is 0.345. The van der Waals surface area contributed by atoms with E-state index in [9.17, 15) is 9.59 Å². The fourth-order valence-electron chi connectivity index (χ4n) is 2.36. The van der Waals surface area contributed by atoms with Gasteiger partial charge < -0.3 is 10.6 Å². The molecule has 2 amide bonds. The molecule has 0 heterocycles. The summed E-state index contributed by atoms with van der Waals surface area (Å²) in [7, 11) is 0. The SMILES string of the molecule is CC/C(C)=N\OC(=O)NC(C)(C)c1cccc(C(C)(C)NC(=O)O/N=C(\C)CC)c1. The van der Waals surface area contributed by atoms with Crippen molar-refractivity contribution in [1.29, 1.82) is 0 Å². The van der Waals surface area contributed by atoms with Gasteiger partial charge in [0.15, 0.2) is 0 Å². The number of amides is 2. The maximum atomic E-state index is 12.1. The van der Waals surface area contributed by atoms with Gasteiger partial charge in [-0.2, -0.15) is 0 Å². The Morgan fingerprint density at radius 2 is 1.20 bits per heavy atom. The normalized spacial score (nSPS) is 12.9. The van der Waals surface area contributed by atoms with E-state index in [0.29, 0.717) is 12.8 Å². The first-order chi connectivity index (χ1) is 13.9. The van der Waals surface area contributed by atoms with Crippen LogP contribution in [-0.4, -0.2) is 23.6 Å². The fourth-order valence-corrected chi connectivity index (χ4v) is 2.36. The molecule has 30 heavy (non-hydrogen) atoms. The lowest BCUT2D eigenvalue weighted by atomic mass is 9.87. The Morgan fingerprint density at radius 1 is 0.833 bits per heavy atom. The van der Waals surface area contributed by atoms with Gasteiger partial charge in [-0.05, 0) is 65.5 Å². The van der Waals surface area contributed by atoms with Crippen LogP contribution in [0.5, 0.6) is 0 Å². The monoisotopic (exact) mass is 418 g/mol. The van der Waals surface area contributed by atoms with Gasteiger partial charge in [-0.1, -0.05) is 48.4 Å². The van der Waals surface area contributed by atoms with Crippen molar-refractivity contribution >= 4 is 23.6 Å². The number of carbonyl (C=O) groups excluding carboxylic acids is 2. The average Bonchev–Trinajstić information content (AvgIpc) is 2.69. The van der Waals surface area contributed by atoms with Gasteiger partial charge in [0.25, 0.3) is 0 Å². The Hall–Kier alpha value is -2.90. The van der Waals surface area contributed by atoms with Crippen molar-refractivity contribution in [1.82, 2.24) is 10.6 Å². The molecule has 1 aromatic carbocycles. The molecule has 0 atom stereocenters. The zero-order chi connectivity index (χ0) is 22.9. The van der Waals surface area contributed by atoms with E-state index in [1.807, 2.05) is 65.8 Å². The highest BCUT2D eigenvalue weighted by Gasteiger charge is 2.28. The molecule has 0 aliphatic carbocycles. The van der Waals surface area contributed by atoms with Crippen molar-refractivity contribution in [3.63, 3.8) is 0 Å². The Balaban J connectivity index is 2.94. The predicted octanol–water partition coefficient (Wildman–Crippen LogP) is 5.18. The smallest absolute Gasteiger partial charge is 0.311 e. The van der Waals surface area contributed by atoms with Crippen LogP contribution < -0.4 is 10.6 Å². The van der Waals surface area contributed by atoms with E-state index in [1.54, 1.807) is 13.8 Å². The van der Waals surface area contributed by atoms with Crippen LogP contribution in [0.25, 0.3) is 0 Å². The molecule has 8 nitrogen and oxygen atoms in total. The second kappa shape index (κ2) is 10.8. The molecule has 0 aliphatic rings. The largest absolute Gasteiger partial charge is 0.434 e. The van der Waals surface area contributed by atoms with Gasteiger partial charge in [-0.15, -0.1) is 0 Å². The van der Waals surface area contributed by atoms with Crippen LogP contribution >= 0.6 is 0 Å². The Labute approximate surface area is 179 Å². The van der Waals surface area contributed by atoms with E-state index >= 15 is 0 Å². The minimum absolute atomic E-state index is 0.636. The van der Waals surface area contributed by atoms with Crippen molar-refractivity contribution in [3.8, 4) is 0 Å². The second-order valence-corrected chi connectivity index (χ2v) is 8.20. The number of benzene rings is 1. The molecule has 2 N–H and O–H groups in total. The van der Waals surface area contributed by atoms with Crippen LogP contribution in [0.15, 0.2) is 34.6 Å². The van der Waals surface area contributed by atoms with E-state index in [1.165, 1.54) is 0 Å². The highest BCUT2D eigenvalue weighted by Crippen LogP contribution is 2.27. The van der Waals surface area contributed by atoms with Crippen molar-refractivity contribution in [2.24, 2.45) is 10.3 Å². The number of rotatable bonds is 8. The molecule has 0 aromatic heterocycles. The summed E-state index contributed by atoms with van der Waals surface area (Å²) in [6.45, 7) is 14.9. The molecule has 0 radical (unpaired) electrons. The van der Waals surface area contributed by atoms with E-state index in [4.69, 9.17) is 9.68 Å². The summed E-state index contributed by atoms with van der Waals surface area (Å²) in [5.41, 5.74) is 1.70. The first-order valence-corrected chi connectivity index (χ1v) is 10.1. The third-order valence-electron chi connectivity index (χ3n) is 4.73. The summed E-state index contributed by atoms with van der Waals surface area (Å²) in [5.74, 6) is 0. The molecular formula is C22H34N4O4. The summed E-state index contributed by atoms with van der Waals surface area (Å²) in [6, 6.07) is 7.58. The number of hydrogen-bond acceptors (Lipinski definition) is 6. The lowest BCUT2D eigenvalue weighted by Gasteiger charge is -2.30. The van der Waals surface area contributed by atoms with E-state index in [0.717, 1.165) is 22.6 Å². The summed E-state index contributed by atoms with van der Waals surface area (Å²) < 4.78 is 0. The van der Waals surface area contributed by atoms with Gasteiger partial charge in [0, 0.05) is 0 Å². The zero-order valence-corrected chi connectivity index (χ0v) is 19.3. The highest BCUT2D eigenvalue weighted by atomic mass is 16.7. The Kier molecular flexibility index (Phi) is 9.01. The van der Waals surface area contributed by atoms with Crippen molar-refractivity contribution in [2.75, 3.05) is 0 Å². The second-order valence-electron chi connectivity index (χ2n) is 8.20. The van der Waals surface area contributed by atoms with Gasteiger partial charge in [0.2, 0.25) is 0 Å². The molecule has 0 bridgehead atoms. The number of carbonyl (C=O) groups is 2. The Morgan fingerprint density at radius 3 is 1.53 bits per heavy atom. The molecule has 0 saturated heterocycles. The molecule has 0 aliphatic heterocycles. The lowest BCUT2D eigenvalue weighted by Crippen LogP contribution is -2.43. The van der Waals surface area contributed by atoms with E-state index in [2.05, 4.69) is 20.9 Å². The number of hydrogen-bond donors (Lipinski definition) is 2. The van der Waals surface area contributed by atoms with Crippen molar-refractivity contribution in [2.45, 2.75) is 79.3 Å². The average molecular weight is 419 g/mol. The molecule has 0 unspecified atom stereocenters. The van der Waals surface area contributed by atoms with Crippen LogP contribution in [-0.2, 0) is 20.8 Å². The molecule has 0 saturated carbocycles. The molecule has 1 aromatic rings. The first-order valence-electron chi connectivity index (χ1n) is 10.1. The molecule has 0 fully saturated rings. The topological polar surface area (TPSA) is 101 Å². The van der Waals surface area contributed by atoms with Crippen LogP contribution in [0.4, 0.5) is 9.59 Å². The third kappa shape index (κ3) is 7.85. The van der Waals surface area contributed by atoms with Crippen LogP contribution in [0, 0.1) is 0 Å². The van der Waals surface area contributed by atoms with Gasteiger partial charge in [0.1, 0.15) is 0 Å². The van der Waals surface area contributed by atoms with Crippen molar-refractivity contribution < 1.29 is 19.3 Å². The van der Waals surface area contributed by atoms with Crippen LogP contribution in [0.1, 0.15) is 79.4 Å². The third-order valence-corrected chi connectivity index (χ3v) is 4.73. The summed E-state index contributed by atoms with van der Waals surface area (Å²) in [6.07, 6.45) is 0.130. The number of nitrogens with zero attached hydrogens (tertiary/aromatic N) is 2. The first kappa shape index (κ1) is 25.1. The maximum Gasteiger partial charge on any atom is 0.434 e. The van der Waals surface area contributed by atoms with E-state index in [-0.39, 0.29) is 0 Å². The Bertz CT molecular complexity index is 750. The van der Waals surface area contributed by atoms with Crippen molar-refractivity contribution in [3.05, 3.63) is 35.4 Å². The molecular weight excluding hydrogens is 384 g/mol. The molecule has 8 heteroatoms. The predicted molar refractivity (Wildman–Crippen MR) is 119 cm³/mol. The minimum Gasteiger partial charge on any atom is -0.311 e. The van der Waals surface area contributed by atoms with E-state index < -0.39 is 23.3 Å². The van der Waals surface area contributed by atoms with Gasteiger partial charge in [0.05, 0.1) is 22.5 Å². The minimum atomic E-state index is -0.720. The van der Waals surface area contributed by atoms with Gasteiger partial charge in [-0.3, -0.25) is 9.68 Å². The van der Waals surface area contributed by atoms with Crippen LogP contribution in [0.3, 0.4) is 0 Å². The summed E-state index contributed by atoms with van der Waals surface area (Å²) >= 11 is 0. The van der Waals surface area contributed by atoms with Crippen LogP contribution in [0.2, 0.25) is 0 Å². The standard InChI is InChI=1S/C22H34N4O4/c1-9-15(3)25-29-19(27)23-21(5,6)17-12-11-13-18(14-17)22(7,8)24-20(28)30-26-16(4)10-2/h11-14H,9-10H2,1-8H3,(H,23,27)(H,24,28)/b25-15-,26-16+. The molecule has 0 spiro atoms. The summed E-state index contributed by atoms with van der Waals surface area (Å²) in [5, 5.41) is 13.2. The maximum absolute atomic E-state index is 12.1. The number of nitrogens with one attached hydrogen (secondary N) is 2. The van der Waals surface area contributed by atoms with Gasteiger partial charge >= 0.3 is 12.2 Å².